The summed E-state index contributed by atoms with van der Waals surface area (Å²) < 4.78 is 43.6. The number of para-hydroxylation sites is 1. The minimum absolute atomic E-state index is 0.175. The Hall–Kier alpha value is -3.36. The van der Waals surface area contributed by atoms with Crippen molar-refractivity contribution in [3.05, 3.63) is 88.2 Å². The second kappa shape index (κ2) is 8.64. The van der Waals surface area contributed by atoms with Gasteiger partial charge in [-0.15, -0.1) is 0 Å². The van der Waals surface area contributed by atoms with Gasteiger partial charge in [-0.25, -0.2) is 4.98 Å². The predicted octanol–water partition coefficient (Wildman–Crippen LogP) is 7.00. The number of carbonyl (C=O) groups is 1. The lowest BCUT2D eigenvalue weighted by molar-refractivity contribution is -0.137. The molecule has 0 fully saturated rings. The maximum Gasteiger partial charge on any atom is 0.417 e. The van der Waals surface area contributed by atoms with E-state index in [2.05, 4.69) is 15.3 Å². The van der Waals surface area contributed by atoms with E-state index < -0.39 is 17.6 Å². The summed E-state index contributed by atoms with van der Waals surface area (Å²) >= 11 is 12.2. The Morgan fingerprint density at radius 3 is 2.38 bits per heavy atom. The molecular weight excluding hydrogens is 466 g/mol. The van der Waals surface area contributed by atoms with Gasteiger partial charge in [0.15, 0.2) is 0 Å². The van der Waals surface area contributed by atoms with Crippen LogP contribution in [0.3, 0.4) is 0 Å². The fourth-order valence-corrected chi connectivity index (χ4v) is 3.34. The predicted molar refractivity (Wildman–Crippen MR) is 115 cm³/mol. The lowest BCUT2D eigenvalue weighted by Gasteiger charge is -2.11. The maximum atomic E-state index is 12.7. The molecule has 0 radical (unpaired) electrons. The number of nitrogens with one attached hydrogen (secondary N) is 1. The van der Waals surface area contributed by atoms with E-state index in [0.717, 1.165) is 6.07 Å². The van der Waals surface area contributed by atoms with E-state index in [0.29, 0.717) is 22.8 Å². The topological polar surface area (TPSA) is 64.1 Å². The van der Waals surface area contributed by atoms with Gasteiger partial charge in [0, 0.05) is 23.5 Å². The minimum Gasteiger partial charge on any atom is -0.438 e. The van der Waals surface area contributed by atoms with Gasteiger partial charge in [-0.05, 0) is 36.4 Å². The highest BCUT2D eigenvalue weighted by atomic mass is 35.5. The van der Waals surface area contributed by atoms with Crippen LogP contribution >= 0.6 is 23.2 Å². The molecular formula is C22H12Cl2F3N3O2. The molecule has 4 rings (SSSR count). The Morgan fingerprint density at radius 1 is 0.969 bits per heavy atom. The highest BCUT2D eigenvalue weighted by Gasteiger charge is 2.31. The van der Waals surface area contributed by atoms with Crippen molar-refractivity contribution in [3.63, 3.8) is 0 Å². The number of benzene rings is 2. The summed E-state index contributed by atoms with van der Waals surface area (Å²) in [6, 6.07) is 14.0. The number of pyridine rings is 2. The normalized spacial score (nSPS) is 11.4. The number of carbonyl (C=O) groups excluding carboxylic acids is 1. The molecule has 0 unspecified atom stereocenters. The third-order valence-electron chi connectivity index (χ3n) is 4.42. The van der Waals surface area contributed by atoms with Crippen molar-refractivity contribution in [1.82, 2.24) is 9.97 Å². The lowest BCUT2D eigenvalue weighted by atomic mass is 10.1. The molecule has 0 aliphatic carbocycles. The fraction of sp³-hybridized carbons (Fsp3) is 0.0455. The SMILES string of the molecule is O=C(Nc1ccc(Oc2ncc(C(F)(F)F)cc2Cl)cc1)c1cnc2ccccc2c1Cl. The largest absolute Gasteiger partial charge is 0.438 e. The van der Waals surface area contributed by atoms with Gasteiger partial charge in [-0.2, -0.15) is 13.2 Å². The summed E-state index contributed by atoms with van der Waals surface area (Å²) in [5.74, 6) is -0.359. The van der Waals surface area contributed by atoms with Crippen molar-refractivity contribution in [2.24, 2.45) is 0 Å². The van der Waals surface area contributed by atoms with E-state index >= 15 is 0 Å². The number of fused-ring (bicyclic) bond motifs is 1. The van der Waals surface area contributed by atoms with E-state index in [9.17, 15) is 18.0 Å². The van der Waals surface area contributed by atoms with E-state index in [1.165, 1.54) is 18.3 Å². The van der Waals surface area contributed by atoms with Crippen LogP contribution in [0.4, 0.5) is 18.9 Å². The molecule has 32 heavy (non-hydrogen) atoms. The summed E-state index contributed by atoms with van der Waals surface area (Å²) in [4.78, 5) is 20.5. The Bertz CT molecular complexity index is 1310. The molecule has 0 atom stereocenters. The molecule has 0 bridgehead atoms. The molecule has 2 aromatic carbocycles. The van der Waals surface area contributed by atoms with E-state index in [4.69, 9.17) is 27.9 Å². The first-order valence-corrected chi connectivity index (χ1v) is 9.83. The van der Waals surface area contributed by atoms with Gasteiger partial charge in [0.2, 0.25) is 5.88 Å². The van der Waals surface area contributed by atoms with Crippen LogP contribution in [-0.2, 0) is 6.18 Å². The number of anilines is 1. The molecule has 5 nitrogen and oxygen atoms in total. The highest BCUT2D eigenvalue weighted by molar-refractivity contribution is 6.38. The van der Waals surface area contributed by atoms with Crippen molar-refractivity contribution in [3.8, 4) is 11.6 Å². The van der Waals surface area contributed by atoms with Gasteiger partial charge >= 0.3 is 6.18 Å². The molecule has 2 aromatic heterocycles. The standard InChI is InChI=1S/C22H12Cl2F3N3O2/c23-17-9-12(22(25,26)27)10-29-21(17)32-14-7-5-13(6-8-14)30-20(31)16-11-28-18-4-2-1-3-15(18)19(16)24/h1-11H,(H,30,31). The van der Waals surface area contributed by atoms with E-state index in [-0.39, 0.29) is 27.2 Å². The zero-order valence-electron chi connectivity index (χ0n) is 16.0. The monoisotopic (exact) mass is 477 g/mol. The van der Waals surface area contributed by atoms with Crippen LogP contribution in [0.5, 0.6) is 11.6 Å². The molecule has 2 heterocycles. The molecule has 0 aliphatic heterocycles. The molecule has 10 heteroatoms. The summed E-state index contributed by atoms with van der Waals surface area (Å²) in [7, 11) is 0. The number of halogens is 5. The number of nitrogens with zero attached hydrogens (tertiary/aromatic N) is 2. The van der Waals surface area contributed by atoms with E-state index in [1.54, 1.807) is 30.3 Å². The molecule has 0 spiro atoms. The average molecular weight is 478 g/mol. The van der Waals surface area contributed by atoms with Crippen molar-refractivity contribution in [1.29, 1.82) is 0 Å². The molecule has 0 aliphatic rings. The number of hydrogen-bond donors (Lipinski definition) is 1. The van der Waals surface area contributed by atoms with Gasteiger partial charge in [0.05, 0.1) is 21.7 Å². The van der Waals surface area contributed by atoms with Gasteiger partial charge in [-0.3, -0.25) is 9.78 Å². The number of amides is 1. The van der Waals surface area contributed by atoms with Crippen LogP contribution in [0.15, 0.2) is 67.0 Å². The van der Waals surface area contributed by atoms with Gasteiger partial charge in [0.25, 0.3) is 5.91 Å². The molecule has 0 saturated heterocycles. The zero-order valence-corrected chi connectivity index (χ0v) is 17.5. The number of aromatic nitrogens is 2. The summed E-state index contributed by atoms with van der Waals surface area (Å²) in [6.07, 6.45) is -2.52. The Labute approximate surface area is 189 Å². The number of rotatable bonds is 4. The molecule has 1 N–H and O–H groups in total. The Kier molecular flexibility index (Phi) is 5.90. The van der Waals surface area contributed by atoms with Gasteiger partial charge in [0.1, 0.15) is 10.8 Å². The maximum absolute atomic E-state index is 12.7. The molecule has 1 amide bonds. The van der Waals surface area contributed by atoms with Crippen LogP contribution in [0.2, 0.25) is 10.0 Å². The number of hydrogen-bond acceptors (Lipinski definition) is 4. The quantitative estimate of drug-likeness (QED) is 0.343. The van der Waals surface area contributed by atoms with Crippen molar-refractivity contribution in [2.45, 2.75) is 6.18 Å². The third kappa shape index (κ3) is 4.61. The second-order valence-corrected chi connectivity index (χ2v) is 7.38. The van der Waals surface area contributed by atoms with E-state index in [1.807, 2.05) is 6.07 Å². The summed E-state index contributed by atoms with van der Waals surface area (Å²) in [6.45, 7) is 0. The summed E-state index contributed by atoms with van der Waals surface area (Å²) in [5.41, 5.74) is 0.352. The zero-order chi connectivity index (χ0) is 22.9. The van der Waals surface area contributed by atoms with Crippen molar-refractivity contribution >= 4 is 45.7 Å². The van der Waals surface area contributed by atoms with Crippen LogP contribution in [0, 0.1) is 0 Å². The fourth-order valence-electron chi connectivity index (χ4n) is 2.84. The molecule has 4 aromatic rings. The van der Waals surface area contributed by atoms with Crippen LogP contribution < -0.4 is 10.1 Å². The third-order valence-corrected chi connectivity index (χ3v) is 5.09. The molecule has 0 saturated carbocycles. The van der Waals surface area contributed by atoms with Crippen LogP contribution in [-0.4, -0.2) is 15.9 Å². The highest BCUT2D eigenvalue weighted by Crippen LogP contribution is 2.35. The van der Waals surface area contributed by atoms with Gasteiger partial charge < -0.3 is 10.1 Å². The Morgan fingerprint density at radius 2 is 1.69 bits per heavy atom. The first-order valence-electron chi connectivity index (χ1n) is 9.07. The lowest BCUT2D eigenvalue weighted by Crippen LogP contribution is -2.13. The molecule has 162 valence electrons. The first-order chi connectivity index (χ1) is 15.2. The Balaban J connectivity index is 1.48. The smallest absolute Gasteiger partial charge is 0.417 e. The second-order valence-electron chi connectivity index (χ2n) is 6.59. The number of ether oxygens (including phenoxy) is 1. The van der Waals surface area contributed by atoms with Crippen LogP contribution in [0.25, 0.3) is 10.9 Å². The van der Waals surface area contributed by atoms with Crippen molar-refractivity contribution < 1.29 is 22.7 Å². The minimum atomic E-state index is -4.56. The van der Waals surface area contributed by atoms with Crippen LogP contribution in [0.1, 0.15) is 15.9 Å². The number of alkyl halides is 3. The van der Waals surface area contributed by atoms with Crippen molar-refractivity contribution in [2.75, 3.05) is 5.32 Å². The van der Waals surface area contributed by atoms with Gasteiger partial charge in [-0.1, -0.05) is 41.4 Å². The first kappa shape index (κ1) is 21.9. The summed E-state index contributed by atoms with van der Waals surface area (Å²) in [5, 5.41) is 3.37. The average Bonchev–Trinajstić information content (AvgIpc) is 2.76.